The minimum Gasteiger partial charge on any atom is -0.490 e. The van der Waals surface area contributed by atoms with E-state index >= 15 is 0 Å². The fourth-order valence-corrected chi connectivity index (χ4v) is 2.94. The second kappa shape index (κ2) is 7.26. The highest BCUT2D eigenvalue weighted by Crippen LogP contribution is 2.36. The van der Waals surface area contributed by atoms with E-state index in [2.05, 4.69) is 40.2 Å². The molecule has 0 aliphatic heterocycles. The molecule has 2 aromatic rings. The lowest BCUT2D eigenvalue weighted by Gasteiger charge is -2.12. The van der Waals surface area contributed by atoms with Crippen molar-refractivity contribution >= 4 is 17.6 Å². The first kappa shape index (κ1) is 15.6. The molecule has 6 heteroatoms. The summed E-state index contributed by atoms with van der Waals surface area (Å²) in [7, 11) is 1.63. The largest absolute Gasteiger partial charge is 0.490 e. The van der Waals surface area contributed by atoms with E-state index < -0.39 is 0 Å². The van der Waals surface area contributed by atoms with Gasteiger partial charge >= 0.3 is 0 Å². The molecule has 0 aliphatic carbocycles. The number of rotatable bonds is 6. The molecule has 0 unspecified atom stereocenters. The van der Waals surface area contributed by atoms with Crippen molar-refractivity contribution in [2.75, 3.05) is 19.0 Å². The molecule has 0 aliphatic rings. The lowest BCUT2D eigenvalue weighted by atomic mass is 10.3. The summed E-state index contributed by atoms with van der Waals surface area (Å²) in [4.78, 5) is 13.1. The van der Waals surface area contributed by atoms with E-state index in [-0.39, 0.29) is 0 Å². The zero-order valence-electron chi connectivity index (χ0n) is 12.8. The second-order valence-electron chi connectivity index (χ2n) is 4.71. The molecule has 5 nitrogen and oxygen atoms in total. The molecular formula is C15H20N4OS. The van der Waals surface area contributed by atoms with Gasteiger partial charge in [-0.15, -0.1) is 0 Å². The molecule has 0 aromatic carbocycles. The molecule has 2 heterocycles. The number of nitrogens with one attached hydrogen (secondary N) is 1. The van der Waals surface area contributed by atoms with E-state index in [4.69, 9.17) is 4.74 Å². The third-order valence-corrected chi connectivity index (χ3v) is 3.70. The van der Waals surface area contributed by atoms with Crippen LogP contribution in [0.4, 0.5) is 5.82 Å². The average Bonchev–Trinajstić information content (AvgIpc) is 2.44. The highest BCUT2D eigenvalue weighted by atomic mass is 32.2. The van der Waals surface area contributed by atoms with Crippen molar-refractivity contribution in [3.63, 3.8) is 0 Å². The first-order chi connectivity index (χ1) is 10.1. The molecule has 0 saturated carbocycles. The summed E-state index contributed by atoms with van der Waals surface area (Å²) in [5, 5.41) is 4.93. The number of hydrogen-bond acceptors (Lipinski definition) is 6. The van der Waals surface area contributed by atoms with E-state index in [0.29, 0.717) is 5.75 Å². The minimum atomic E-state index is 0.664. The Kier molecular flexibility index (Phi) is 5.38. The Balaban J connectivity index is 2.30. The molecule has 0 atom stereocenters. The normalized spacial score (nSPS) is 10.5. The fraction of sp³-hybridized carbons (Fsp3) is 0.400. The quantitative estimate of drug-likeness (QED) is 0.825. The van der Waals surface area contributed by atoms with Gasteiger partial charge in [-0.3, -0.25) is 0 Å². The van der Waals surface area contributed by atoms with Crippen molar-refractivity contribution < 1.29 is 4.74 Å². The summed E-state index contributed by atoms with van der Waals surface area (Å²) in [5.74, 6) is 1.39. The Labute approximate surface area is 129 Å². The molecule has 0 fully saturated rings. The van der Waals surface area contributed by atoms with Crippen molar-refractivity contribution in [3.05, 3.63) is 29.7 Å². The molecule has 0 amide bonds. The zero-order chi connectivity index (χ0) is 15.2. The number of anilines is 1. The van der Waals surface area contributed by atoms with Crippen LogP contribution in [-0.4, -0.2) is 28.6 Å². The molecular weight excluding hydrogens is 284 g/mol. The van der Waals surface area contributed by atoms with Gasteiger partial charge in [0, 0.05) is 12.2 Å². The predicted octanol–water partition coefficient (Wildman–Crippen LogP) is 3.47. The Morgan fingerprint density at radius 3 is 2.71 bits per heavy atom. The van der Waals surface area contributed by atoms with Gasteiger partial charge in [0.15, 0.2) is 11.6 Å². The maximum absolute atomic E-state index is 5.47. The smallest absolute Gasteiger partial charge is 0.194 e. The first-order valence-electron chi connectivity index (χ1n) is 6.90. The monoisotopic (exact) mass is 304 g/mol. The number of ether oxygens (including phenoxy) is 1. The van der Waals surface area contributed by atoms with Gasteiger partial charge in [-0.2, -0.15) is 0 Å². The Hall–Kier alpha value is -1.82. The van der Waals surface area contributed by atoms with Crippen molar-refractivity contribution in [1.82, 2.24) is 15.0 Å². The van der Waals surface area contributed by atoms with E-state index in [1.807, 2.05) is 13.0 Å². The summed E-state index contributed by atoms with van der Waals surface area (Å²) in [6.07, 6.45) is 2.57. The van der Waals surface area contributed by atoms with Crippen LogP contribution < -0.4 is 10.1 Å². The second-order valence-corrected chi connectivity index (χ2v) is 5.72. The summed E-state index contributed by atoms with van der Waals surface area (Å²) in [6.45, 7) is 7.00. The summed E-state index contributed by atoms with van der Waals surface area (Å²) >= 11 is 1.49. The zero-order valence-corrected chi connectivity index (χ0v) is 13.6. The fourth-order valence-electron chi connectivity index (χ4n) is 1.94. The van der Waals surface area contributed by atoms with E-state index in [9.17, 15) is 0 Å². The molecule has 0 spiro atoms. The summed E-state index contributed by atoms with van der Waals surface area (Å²) in [6, 6.07) is 4.09. The molecule has 0 bridgehead atoms. The predicted molar refractivity (Wildman–Crippen MR) is 85.2 cm³/mol. The maximum atomic E-state index is 5.47. The van der Waals surface area contributed by atoms with Crippen LogP contribution in [0.5, 0.6) is 5.75 Å². The van der Waals surface area contributed by atoms with Crippen LogP contribution >= 0.6 is 11.8 Å². The highest BCUT2D eigenvalue weighted by Gasteiger charge is 2.14. The lowest BCUT2D eigenvalue weighted by molar-refractivity contribution is 0.400. The van der Waals surface area contributed by atoms with Gasteiger partial charge in [0.1, 0.15) is 16.4 Å². The topological polar surface area (TPSA) is 59.9 Å². The standard InChI is InChI=1S/C15H20N4OS/c1-5-6-16-14-13(20-4)15(18-9-17-14)21-12-8-10(2)7-11(3)19-12/h7-9H,5-6H2,1-4H3,(H,16,17,18). The Morgan fingerprint density at radius 1 is 1.24 bits per heavy atom. The molecule has 0 radical (unpaired) electrons. The van der Waals surface area contributed by atoms with Crippen LogP contribution in [0.15, 0.2) is 28.5 Å². The number of aryl methyl sites for hydroxylation is 2. The van der Waals surface area contributed by atoms with Gasteiger partial charge < -0.3 is 10.1 Å². The van der Waals surface area contributed by atoms with E-state index in [1.54, 1.807) is 13.4 Å². The van der Waals surface area contributed by atoms with Crippen LogP contribution in [-0.2, 0) is 0 Å². The molecule has 21 heavy (non-hydrogen) atoms. The van der Waals surface area contributed by atoms with Crippen LogP contribution in [0, 0.1) is 13.8 Å². The van der Waals surface area contributed by atoms with Crippen molar-refractivity contribution in [2.24, 2.45) is 0 Å². The van der Waals surface area contributed by atoms with Gasteiger partial charge in [-0.25, -0.2) is 15.0 Å². The van der Waals surface area contributed by atoms with Crippen LogP contribution in [0.25, 0.3) is 0 Å². The number of methoxy groups -OCH3 is 1. The van der Waals surface area contributed by atoms with Crippen molar-refractivity contribution in [1.29, 1.82) is 0 Å². The number of nitrogens with zero attached hydrogens (tertiary/aromatic N) is 3. The molecule has 2 aromatic heterocycles. The van der Waals surface area contributed by atoms with E-state index in [0.717, 1.165) is 34.5 Å². The van der Waals surface area contributed by atoms with Gasteiger partial charge in [0.05, 0.1) is 7.11 Å². The molecule has 112 valence electrons. The Morgan fingerprint density at radius 2 is 2.05 bits per heavy atom. The van der Waals surface area contributed by atoms with Crippen molar-refractivity contribution in [3.8, 4) is 5.75 Å². The van der Waals surface area contributed by atoms with E-state index in [1.165, 1.54) is 17.3 Å². The number of hydrogen-bond donors (Lipinski definition) is 1. The third-order valence-electron chi connectivity index (χ3n) is 2.79. The SMILES string of the molecule is CCCNc1ncnc(Sc2cc(C)cc(C)n2)c1OC. The highest BCUT2D eigenvalue weighted by molar-refractivity contribution is 7.99. The van der Waals surface area contributed by atoms with Gasteiger partial charge in [-0.05, 0) is 49.7 Å². The number of pyridine rings is 1. The van der Waals surface area contributed by atoms with Crippen LogP contribution in [0.1, 0.15) is 24.6 Å². The van der Waals surface area contributed by atoms with Gasteiger partial charge in [-0.1, -0.05) is 6.92 Å². The van der Waals surface area contributed by atoms with Crippen molar-refractivity contribution in [2.45, 2.75) is 37.2 Å². The number of aromatic nitrogens is 3. The van der Waals surface area contributed by atoms with Crippen LogP contribution in [0.3, 0.4) is 0 Å². The summed E-state index contributed by atoms with van der Waals surface area (Å²) < 4.78 is 5.47. The lowest BCUT2D eigenvalue weighted by Crippen LogP contribution is -2.05. The average molecular weight is 304 g/mol. The minimum absolute atomic E-state index is 0.664. The maximum Gasteiger partial charge on any atom is 0.194 e. The molecule has 2 rings (SSSR count). The molecule has 0 saturated heterocycles. The summed E-state index contributed by atoms with van der Waals surface area (Å²) in [5.41, 5.74) is 2.18. The Bertz CT molecular complexity index is 598. The first-order valence-corrected chi connectivity index (χ1v) is 7.71. The van der Waals surface area contributed by atoms with Gasteiger partial charge in [0.2, 0.25) is 0 Å². The molecule has 1 N–H and O–H groups in total. The van der Waals surface area contributed by atoms with Gasteiger partial charge in [0.25, 0.3) is 0 Å². The third kappa shape index (κ3) is 4.07. The van der Waals surface area contributed by atoms with Crippen LogP contribution in [0.2, 0.25) is 0 Å².